The van der Waals surface area contributed by atoms with E-state index in [1.54, 1.807) is 19.2 Å². The van der Waals surface area contributed by atoms with Gasteiger partial charge < -0.3 is 9.47 Å². The molecule has 0 aromatic heterocycles. The van der Waals surface area contributed by atoms with E-state index in [0.717, 1.165) is 4.47 Å². The molecule has 2 aromatic carbocycles. The number of amides is 1. The Bertz CT molecular complexity index is 748. The third-order valence-electron chi connectivity index (χ3n) is 3.03. The zero-order chi connectivity index (χ0) is 17.5. The van der Waals surface area contributed by atoms with Crippen LogP contribution in [0.4, 0.5) is 4.39 Å². The van der Waals surface area contributed by atoms with E-state index in [9.17, 15) is 9.18 Å². The van der Waals surface area contributed by atoms with Crippen LogP contribution in [-0.2, 0) is 0 Å². The van der Waals surface area contributed by atoms with Gasteiger partial charge in [-0.25, -0.2) is 9.82 Å². The molecule has 1 amide bonds. The van der Waals surface area contributed by atoms with Gasteiger partial charge in [0.15, 0.2) is 11.5 Å². The number of benzene rings is 2. The van der Waals surface area contributed by atoms with Crippen molar-refractivity contribution in [3.63, 3.8) is 0 Å². The molecular weight excluding hydrogens is 379 g/mol. The summed E-state index contributed by atoms with van der Waals surface area (Å²) in [5.74, 6) is 0.328. The molecule has 24 heavy (non-hydrogen) atoms. The van der Waals surface area contributed by atoms with Gasteiger partial charge in [-0.1, -0.05) is 0 Å². The maximum absolute atomic E-state index is 12.8. The number of carbonyl (C=O) groups excluding carboxylic acids is 1. The van der Waals surface area contributed by atoms with Gasteiger partial charge in [0.1, 0.15) is 5.82 Å². The number of ether oxygens (including phenoxy) is 2. The Hall–Kier alpha value is -2.41. The zero-order valence-corrected chi connectivity index (χ0v) is 14.8. The van der Waals surface area contributed by atoms with Gasteiger partial charge in [0.2, 0.25) is 0 Å². The first-order chi connectivity index (χ1) is 11.5. The predicted octanol–water partition coefficient (Wildman–Crippen LogP) is 3.76. The van der Waals surface area contributed by atoms with Crippen molar-refractivity contribution >= 4 is 28.1 Å². The molecule has 0 aliphatic carbocycles. The highest BCUT2D eigenvalue weighted by Crippen LogP contribution is 2.36. The molecule has 0 aliphatic rings. The quantitative estimate of drug-likeness (QED) is 0.599. The standard InChI is InChI=1S/C17H16BrFN2O3/c1-3-24-16-14(18)8-11(9-15(16)23-2)10-20-21-17(22)12-4-6-13(19)7-5-12/h4-10H,3H2,1-2H3,(H,21,22)/b20-10-. The van der Waals surface area contributed by atoms with Crippen LogP contribution in [0.5, 0.6) is 11.5 Å². The van der Waals surface area contributed by atoms with E-state index in [4.69, 9.17) is 9.47 Å². The molecule has 5 nitrogen and oxygen atoms in total. The van der Waals surface area contributed by atoms with Crippen LogP contribution < -0.4 is 14.9 Å². The number of hydrogen-bond acceptors (Lipinski definition) is 4. The molecule has 2 aromatic rings. The first-order valence-corrected chi connectivity index (χ1v) is 7.93. The summed E-state index contributed by atoms with van der Waals surface area (Å²) in [6.45, 7) is 2.39. The summed E-state index contributed by atoms with van der Waals surface area (Å²) in [6.07, 6.45) is 1.48. The summed E-state index contributed by atoms with van der Waals surface area (Å²) >= 11 is 3.41. The Labute approximate surface area is 147 Å². The van der Waals surface area contributed by atoms with Gasteiger partial charge in [0.05, 0.1) is 24.4 Å². The monoisotopic (exact) mass is 394 g/mol. The molecular formula is C17H16BrFN2O3. The van der Waals surface area contributed by atoms with E-state index in [-0.39, 0.29) is 0 Å². The van der Waals surface area contributed by atoms with Crippen molar-refractivity contribution in [1.82, 2.24) is 5.43 Å². The lowest BCUT2D eigenvalue weighted by Gasteiger charge is -2.11. The molecule has 0 radical (unpaired) electrons. The Morgan fingerprint density at radius 3 is 2.67 bits per heavy atom. The van der Waals surface area contributed by atoms with Crippen molar-refractivity contribution in [2.45, 2.75) is 6.92 Å². The van der Waals surface area contributed by atoms with E-state index in [2.05, 4.69) is 26.5 Å². The number of hydrogen-bond donors (Lipinski definition) is 1. The minimum atomic E-state index is -0.428. The van der Waals surface area contributed by atoms with Crippen LogP contribution in [0.2, 0.25) is 0 Å². The fourth-order valence-electron chi connectivity index (χ4n) is 1.93. The highest BCUT2D eigenvalue weighted by molar-refractivity contribution is 9.10. The van der Waals surface area contributed by atoms with Crippen LogP contribution in [0.1, 0.15) is 22.8 Å². The third kappa shape index (κ3) is 4.55. The highest BCUT2D eigenvalue weighted by Gasteiger charge is 2.10. The molecule has 0 atom stereocenters. The molecule has 0 heterocycles. The maximum Gasteiger partial charge on any atom is 0.271 e. The number of rotatable bonds is 6. The van der Waals surface area contributed by atoms with Crippen LogP contribution in [-0.4, -0.2) is 25.8 Å². The van der Waals surface area contributed by atoms with E-state index in [1.165, 1.54) is 30.5 Å². The topological polar surface area (TPSA) is 59.9 Å². The average molecular weight is 395 g/mol. The first-order valence-electron chi connectivity index (χ1n) is 7.14. The summed E-state index contributed by atoms with van der Waals surface area (Å²) < 4.78 is 24.3. The third-order valence-corrected chi connectivity index (χ3v) is 3.62. The number of hydrazone groups is 1. The number of carbonyl (C=O) groups is 1. The van der Waals surface area contributed by atoms with Crippen LogP contribution in [0.3, 0.4) is 0 Å². The van der Waals surface area contributed by atoms with Gasteiger partial charge in [-0.15, -0.1) is 0 Å². The second kappa shape index (κ2) is 8.44. The average Bonchev–Trinajstić information content (AvgIpc) is 2.57. The van der Waals surface area contributed by atoms with Crippen molar-refractivity contribution < 1.29 is 18.7 Å². The molecule has 0 fully saturated rings. The van der Waals surface area contributed by atoms with Crippen molar-refractivity contribution in [3.05, 3.63) is 57.8 Å². The molecule has 1 N–H and O–H groups in total. The minimum absolute atomic E-state index is 0.319. The van der Waals surface area contributed by atoms with Gasteiger partial charge >= 0.3 is 0 Å². The SMILES string of the molecule is CCOc1c(Br)cc(/C=N\NC(=O)c2ccc(F)cc2)cc1OC. The molecule has 0 saturated carbocycles. The van der Waals surface area contributed by atoms with Crippen LogP contribution in [0, 0.1) is 5.82 Å². The van der Waals surface area contributed by atoms with Crippen molar-refractivity contribution in [1.29, 1.82) is 0 Å². The second-order valence-electron chi connectivity index (χ2n) is 4.67. The van der Waals surface area contributed by atoms with Crippen molar-refractivity contribution in [2.24, 2.45) is 5.10 Å². The van der Waals surface area contributed by atoms with E-state index < -0.39 is 11.7 Å². The van der Waals surface area contributed by atoms with Crippen LogP contribution >= 0.6 is 15.9 Å². The number of nitrogens with zero attached hydrogens (tertiary/aromatic N) is 1. The fraction of sp³-hybridized carbons (Fsp3) is 0.176. The maximum atomic E-state index is 12.8. The van der Waals surface area contributed by atoms with Gasteiger partial charge in [-0.05, 0) is 64.8 Å². The van der Waals surface area contributed by atoms with Crippen molar-refractivity contribution in [2.75, 3.05) is 13.7 Å². The lowest BCUT2D eigenvalue weighted by Crippen LogP contribution is -2.17. The normalized spacial score (nSPS) is 10.7. The smallest absolute Gasteiger partial charge is 0.271 e. The molecule has 0 spiro atoms. The van der Waals surface area contributed by atoms with Crippen LogP contribution in [0.25, 0.3) is 0 Å². The predicted molar refractivity (Wildman–Crippen MR) is 93.3 cm³/mol. The Morgan fingerprint density at radius 1 is 1.33 bits per heavy atom. The van der Waals surface area contributed by atoms with Crippen LogP contribution in [0.15, 0.2) is 46.0 Å². The van der Waals surface area contributed by atoms with Gasteiger partial charge in [0, 0.05) is 5.56 Å². The lowest BCUT2D eigenvalue weighted by atomic mass is 10.2. The van der Waals surface area contributed by atoms with E-state index >= 15 is 0 Å². The second-order valence-corrected chi connectivity index (χ2v) is 5.53. The largest absolute Gasteiger partial charge is 0.493 e. The molecule has 0 unspecified atom stereocenters. The molecule has 2 rings (SSSR count). The Morgan fingerprint density at radius 2 is 2.04 bits per heavy atom. The summed E-state index contributed by atoms with van der Waals surface area (Å²) in [5, 5.41) is 3.90. The molecule has 7 heteroatoms. The lowest BCUT2D eigenvalue weighted by molar-refractivity contribution is 0.0955. The Balaban J connectivity index is 2.10. The van der Waals surface area contributed by atoms with E-state index in [0.29, 0.717) is 29.2 Å². The summed E-state index contributed by atoms with van der Waals surface area (Å²) in [4.78, 5) is 11.9. The summed E-state index contributed by atoms with van der Waals surface area (Å²) in [6, 6.07) is 8.73. The molecule has 0 aliphatic heterocycles. The summed E-state index contributed by atoms with van der Waals surface area (Å²) in [5.41, 5.74) is 3.41. The zero-order valence-electron chi connectivity index (χ0n) is 13.2. The Kier molecular flexibility index (Phi) is 6.31. The minimum Gasteiger partial charge on any atom is -0.493 e. The number of halogens is 2. The van der Waals surface area contributed by atoms with Gasteiger partial charge in [-0.3, -0.25) is 4.79 Å². The molecule has 126 valence electrons. The highest BCUT2D eigenvalue weighted by atomic mass is 79.9. The molecule has 0 bridgehead atoms. The first kappa shape index (κ1) is 17.9. The van der Waals surface area contributed by atoms with Gasteiger partial charge in [0.25, 0.3) is 5.91 Å². The number of methoxy groups -OCH3 is 1. The summed E-state index contributed by atoms with van der Waals surface area (Å²) in [7, 11) is 1.54. The van der Waals surface area contributed by atoms with Gasteiger partial charge in [-0.2, -0.15) is 5.10 Å². The molecule has 0 saturated heterocycles. The number of nitrogens with one attached hydrogen (secondary N) is 1. The fourth-order valence-corrected chi connectivity index (χ4v) is 2.50. The van der Waals surface area contributed by atoms with Crippen molar-refractivity contribution in [3.8, 4) is 11.5 Å². The van der Waals surface area contributed by atoms with E-state index in [1.807, 2.05) is 6.92 Å².